The highest BCUT2D eigenvalue weighted by Crippen LogP contribution is 2.33. The highest BCUT2D eigenvalue weighted by Gasteiger charge is 2.31. The Bertz CT molecular complexity index is 468. The number of benzene rings is 1. The lowest BCUT2D eigenvalue weighted by Crippen LogP contribution is -2.23. The Morgan fingerprint density at radius 2 is 2.16 bits per heavy atom. The molecule has 0 spiro atoms. The van der Waals surface area contributed by atoms with Gasteiger partial charge in [-0.25, -0.2) is 0 Å². The van der Waals surface area contributed by atoms with Gasteiger partial charge in [-0.05, 0) is 30.3 Å². The molecule has 5 heteroatoms. The van der Waals surface area contributed by atoms with Crippen LogP contribution in [-0.2, 0) is 10.9 Å². The number of rotatable bonds is 4. The summed E-state index contributed by atoms with van der Waals surface area (Å²) >= 11 is 0. The van der Waals surface area contributed by atoms with Gasteiger partial charge in [-0.15, -0.1) is 0 Å². The number of halogens is 3. The topological polar surface area (TPSA) is 21.3 Å². The fraction of sp³-hybridized carbons (Fsp3) is 0.429. The highest BCUT2D eigenvalue weighted by molar-refractivity contribution is 5.32. The van der Waals surface area contributed by atoms with Crippen molar-refractivity contribution in [2.45, 2.75) is 25.6 Å². The molecule has 2 nitrogen and oxygen atoms in total. The minimum atomic E-state index is -4.32. The van der Waals surface area contributed by atoms with E-state index in [-0.39, 0.29) is 6.04 Å². The summed E-state index contributed by atoms with van der Waals surface area (Å²) in [4.78, 5) is 0. The molecule has 1 aromatic rings. The summed E-state index contributed by atoms with van der Waals surface area (Å²) in [6, 6.07) is 5.06. The molecule has 104 valence electrons. The van der Waals surface area contributed by atoms with Crippen molar-refractivity contribution in [1.29, 1.82) is 0 Å². The van der Waals surface area contributed by atoms with Crippen LogP contribution in [0.3, 0.4) is 0 Å². The molecular weight excluding hydrogens is 255 g/mol. The van der Waals surface area contributed by atoms with E-state index in [1.54, 1.807) is 6.07 Å². The summed E-state index contributed by atoms with van der Waals surface area (Å²) in [5.74, 6) is 0.709. The Balaban J connectivity index is 2.31. The number of alkyl halides is 3. The molecule has 0 amide bonds. The largest absolute Gasteiger partial charge is 0.496 e. The van der Waals surface area contributed by atoms with Gasteiger partial charge in [0.1, 0.15) is 5.76 Å². The number of ether oxygens (including phenoxy) is 1. The van der Waals surface area contributed by atoms with Crippen molar-refractivity contribution in [1.82, 2.24) is 5.32 Å². The maximum Gasteiger partial charge on any atom is 0.416 e. The van der Waals surface area contributed by atoms with E-state index in [0.717, 1.165) is 12.5 Å². The summed E-state index contributed by atoms with van der Waals surface area (Å²) in [5, 5.41) is 3.16. The third kappa shape index (κ3) is 3.29. The third-order valence-corrected chi connectivity index (χ3v) is 2.97. The predicted molar refractivity (Wildman–Crippen MR) is 66.5 cm³/mol. The molecule has 1 aromatic carbocycles. The Hall–Kier alpha value is -1.49. The third-order valence-electron chi connectivity index (χ3n) is 2.97. The first-order valence-corrected chi connectivity index (χ1v) is 6.25. The lowest BCUT2D eigenvalue weighted by Gasteiger charge is -2.20. The number of hydrogen-bond donors (Lipinski definition) is 1. The van der Waals surface area contributed by atoms with E-state index in [4.69, 9.17) is 4.74 Å². The monoisotopic (exact) mass is 271 g/mol. The second-order valence-electron chi connectivity index (χ2n) is 4.36. The van der Waals surface area contributed by atoms with Gasteiger partial charge >= 0.3 is 6.18 Å². The van der Waals surface area contributed by atoms with Gasteiger partial charge in [0.25, 0.3) is 0 Å². The van der Waals surface area contributed by atoms with E-state index in [2.05, 4.69) is 5.32 Å². The molecule has 1 aliphatic heterocycles. The van der Waals surface area contributed by atoms with Gasteiger partial charge in [-0.1, -0.05) is 19.1 Å². The molecule has 0 aromatic heterocycles. The van der Waals surface area contributed by atoms with Crippen LogP contribution in [0.5, 0.6) is 0 Å². The first-order chi connectivity index (χ1) is 9.02. The fourth-order valence-corrected chi connectivity index (χ4v) is 2.12. The van der Waals surface area contributed by atoms with E-state index in [1.807, 2.05) is 13.0 Å². The van der Waals surface area contributed by atoms with Crippen molar-refractivity contribution in [2.75, 3.05) is 13.2 Å². The lowest BCUT2D eigenvalue weighted by atomic mass is 10.0. The SMILES string of the molecule is CCNC(C1=CCCO1)c1cccc(C(F)(F)F)c1. The van der Waals surface area contributed by atoms with Crippen molar-refractivity contribution < 1.29 is 17.9 Å². The van der Waals surface area contributed by atoms with Crippen LogP contribution >= 0.6 is 0 Å². The van der Waals surface area contributed by atoms with Crippen LogP contribution in [0.2, 0.25) is 0 Å². The molecule has 1 N–H and O–H groups in total. The quantitative estimate of drug-likeness (QED) is 0.902. The van der Waals surface area contributed by atoms with Gasteiger partial charge in [-0.3, -0.25) is 0 Å². The van der Waals surface area contributed by atoms with Crippen LogP contribution in [0.15, 0.2) is 36.1 Å². The molecule has 0 aliphatic carbocycles. The molecule has 1 heterocycles. The van der Waals surface area contributed by atoms with Crippen LogP contribution < -0.4 is 5.32 Å². The van der Waals surface area contributed by atoms with Crippen LogP contribution in [0.25, 0.3) is 0 Å². The van der Waals surface area contributed by atoms with E-state index >= 15 is 0 Å². The fourth-order valence-electron chi connectivity index (χ4n) is 2.12. The molecule has 19 heavy (non-hydrogen) atoms. The van der Waals surface area contributed by atoms with Crippen LogP contribution in [-0.4, -0.2) is 13.2 Å². The molecule has 1 aliphatic rings. The van der Waals surface area contributed by atoms with Gasteiger partial charge in [-0.2, -0.15) is 13.2 Å². The minimum Gasteiger partial charge on any atom is -0.496 e. The second-order valence-corrected chi connectivity index (χ2v) is 4.36. The van der Waals surface area contributed by atoms with Crippen molar-refractivity contribution >= 4 is 0 Å². The molecule has 0 fully saturated rings. The maximum atomic E-state index is 12.7. The average Bonchev–Trinajstić information content (AvgIpc) is 2.88. The van der Waals surface area contributed by atoms with Crippen molar-refractivity contribution in [3.63, 3.8) is 0 Å². The second kappa shape index (κ2) is 5.65. The van der Waals surface area contributed by atoms with Gasteiger partial charge in [0.2, 0.25) is 0 Å². The van der Waals surface area contributed by atoms with Gasteiger partial charge < -0.3 is 10.1 Å². The molecule has 2 rings (SSSR count). The minimum absolute atomic E-state index is 0.310. The molecule has 0 saturated carbocycles. The maximum absolute atomic E-state index is 12.7. The average molecular weight is 271 g/mol. The van der Waals surface area contributed by atoms with Crippen LogP contribution in [0, 0.1) is 0 Å². The standard InChI is InChI=1S/C14H16F3NO/c1-2-18-13(12-7-4-8-19-12)10-5-3-6-11(9-10)14(15,16)17/h3,5-7,9,13,18H,2,4,8H2,1H3. The number of hydrogen-bond acceptors (Lipinski definition) is 2. The first kappa shape index (κ1) is 13.9. The summed E-state index contributed by atoms with van der Waals surface area (Å²) < 4.78 is 43.6. The van der Waals surface area contributed by atoms with Crippen molar-refractivity contribution in [2.24, 2.45) is 0 Å². The molecule has 1 atom stereocenters. The van der Waals surface area contributed by atoms with Crippen molar-refractivity contribution in [3.8, 4) is 0 Å². The predicted octanol–water partition coefficient (Wildman–Crippen LogP) is 3.66. The Kier molecular flexibility index (Phi) is 4.14. The smallest absolute Gasteiger partial charge is 0.416 e. The first-order valence-electron chi connectivity index (χ1n) is 6.25. The Morgan fingerprint density at radius 1 is 1.37 bits per heavy atom. The van der Waals surface area contributed by atoms with Gasteiger partial charge in [0.15, 0.2) is 0 Å². The summed E-state index contributed by atoms with van der Waals surface area (Å²) in [6.07, 6.45) is -1.60. The highest BCUT2D eigenvalue weighted by atomic mass is 19.4. The summed E-state index contributed by atoms with van der Waals surface area (Å²) in [6.45, 7) is 3.16. The molecular formula is C14H16F3NO. The molecule has 1 unspecified atom stereocenters. The molecule has 0 radical (unpaired) electrons. The van der Waals surface area contributed by atoms with Crippen molar-refractivity contribution in [3.05, 3.63) is 47.2 Å². The van der Waals surface area contributed by atoms with Crippen LogP contribution in [0.1, 0.15) is 30.5 Å². The zero-order valence-electron chi connectivity index (χ0n) is 10.6. The van der Waals surface area contributed by atoms with Crippen LogP contribution in [0.4, 0.5) is 13.2 Å². The zero-order chi connectivity index (χ0) is 13.9. The van der Waals surface area contributed by atoms with E-state index in [0.29, 0.717) is 24.5 Å². The normalized spacial score (nSPS) is 16.9. The Morgan fingerprint density at radius 3 is 2.74 bits per heavy atom. The summed E-state index contributed by atoms with van der Waals surface area (Å²) in [7, 11) is 0. The van der Waals surface area contributed by atoms with Gasteiger partial charge in [0, 0.05) is 6.42 Å². The Labute approximate surface area is 110 Å². The number of likely N-dealkylation sites (N-methyl/N-ethyl adjacent to an activating group) is 1. The lowest BCUT2D eigenvalue weighted by molar-refractivity contribution is -0.137. The number of nitrogens with one attached hydrogen (secondary N) is 1. The molecule has 0 saturated heterocycles. The summed E-state index contributed by atoms with van der Waals surface area (Å²) in [5.41, 5.74) is -0.0590. The van der Waals surface area contributed by atoms with Gasteiger partial charge in [0.05, 0.1) is 18.2 Å². The zero-order valence-corrected chi connectivity index (χ0v) is 10.6. The van der Waals surface area contributed by atoms with E-state index in [9.17, 15) is 13.2 Å². The molecule has 0 bridgehead atoms. The van der Waals surface area contributed by atoms with E-state index < -0.39 is 11.7 Å². The van der Waals surface area contributed by atoms with E-state index in [1.165, 1.54) is 12.1 Å².